The van der Waals surface area contributed by atoms with Crippen molar-refractivity contribution < 1.29 is 13.9 Å². The summed E-state index contributed by atoms with van der Waals surface area (Å²) >= 11 is 0. The van der Waals surface area contributed by atoms with Gasteiger partial charge < -0.3 is 10.1 Å². The predicted octanol–water partition coefficient (Wildman–Crippen LogP) is 3.36. The van der Waals surface area contributed by atoms with Crippen molar-refractivity contribution in [2.24, 2.45) is 0 Å². The van der Waals surface area contributed by atoms with E-state index in [9.17, 15) is 9.18 Å². The minimum Gasteiger partial charge on any atom is -0.494 e. The second-order valence-corrected chi connectivity index (χ2v) is 4.41. The van der Waals surface area contributed by atoms with Gasteiger partial charge in [-0.05, 0) is 48.0 Å². The second kappa shape index (κ2) is 7.04. The lowest BCUT2D eigenvalue weighted by atomic mass is 10.2. The Morgan fingerprint density at radius 2 is 2.00 bits per heavy atom. The van der Waals surface area contributed by atoms with Crippen LogP contribution in [0.2, 0.25) is 0 Å². The minimum atomic E-state index is -0.489. The highest BCUT2D eigenvalue weighted by atomic mass is 19.1. The van der Waals surface area contributed by atoms with E-state index in [1.807, 2.05) is 6.07 Å². The fraction of sp³-hybridized carbons (Fsp3) is 0.0588. The van der Waals surface area contributed by atoms with Crippen molar-refractivity contribution in [3.05, 3.63) is 65.5 Å². The Hall–Kier alpha value is -3.13. The van der Waals surface area contributed by atoms with Gasteiger partial charge in [0.2, 0.25) is 5.91 Å². The summed E-state index contributed by atoms with van der Waals surface area (Å²) in [6.45, 7) is 0. The first-order valence-electron chi connectivity index (χ1n) is 6.45. The summed E-state index contributed by atoms with van der Waals surface area (Å²) in [6, 6.07) is 12.9. The van der Waals surface area contributed by atoms with Crippen molar-refractivity contribution in [2.45, 2.75) is 0 Å². The van der Waals surface area contributed by atoms with Crippen LogP contribution in [0.1, 0.15) is 11.1 Å². The summed E-state index contributed by atoms with van der Waals surface area (Å²) in [5.41, 5.74) is 1.64. The van der Waals surface area contributed by atoms with Crippen molar-refractivity contribution in [1.82, 2.24) is 0 Å². The van der Waals surface area contributed by atoms with E-state index < -0.39 is 5.82 Å². The third-order valence-corrected chi connectivity index (χ3v) is 2.88. The van der Waals surface area contributed by atoms with Crippen LogP contribution >= 0.6 is 0 Å². The number of hydrogen-bond acceptors (Lipinski definition) is 3. The number of hydrogen-bond donors (Lipinski definition) is 1. The van der Waals surface area contributed by atoms with E-state index >= 15 is 0 Å². The number of anilines is 1. The molecule has 1 N–H and O–H groups in total. The first kappa shape index (κ1) is 15.3. The summed E-state index contributed by atoms with van der Waals surface area (Å²) in [5.74, 6) is -0.683. The Morgan fingerprint density at radius 3 is 2.59 bits per heavy atom. The SMILES string of the molecule is COc1ccc(C=CC(=O)Nc2ccc(C#N)cc2)cc1F. The Kier molecular flexibility index (Phi) is 4.89. The number of nitrogens with zero attached hydrogens (tertiary/aromatic N) is 1. The normalized spacial score (nSPS) is 10.2. The van der Waals surface area contributed by atoms with E-state index in [0.717, 1.165) is 0 Å². The molecular formula is C17H13FN2O2. The van der Waals surface area contributed by atoms with E-state index in [2.05, 4.69) is 5.32 Å². The van der Waals surface area contributed by atoms with E-state index in [1.54, 1.807) is 30.3 Å². The number of carbonyl (C=O) groups is 1. The van der Waals surface area contributed by atoms with Crippen molar-refractivity contribution in [3.63, 3.8) is 0 Å². The lowest BCUT2D eigenvalue weighted by Crippen LogP contribution is -2.07. The van der Waals surface area contributed by atoms with Crippen LogP contribution < -0.4 is 10.1 Å². The number of nitrogens with one attached hydrogen (secondary N) is 1. The lowest BCUT2D eigenvalue weighted by molar-refractivity contribution is -0.111. The van der Waals surface area contributed by atoms with Crippen LogP contribution in [0.25, 0.3) is 6.08 Å². The fourth-order valence-electron chi connectivity index (χ4n) is 1.77. The van der Waals surface area contributed by atoms with Crippen molar-refractivity contribution in [2.75, 3.05) is 12.4 Å². The maximum atomic E-state index is 13.5. The lowest BCUT2D eigenvalue weighted by Gasteiger charge is -2.03. The number of rotatable bonds is 4. The summed E-state index contributed by atoms with van der Waals surface area (Å²) in [5, 5.41) is 11.3. The Balaban J connectivity index is 2.01. The maximum absolute atomic E-state index is 13.5. The standard InChI is InChI=1S/C17H13FN2O2/c1-22-16-8-4-12(10-15(16)18)5-9-17(21)20-14-6-2-13(11-19)3-7-14/h2-10H,1H3,(H,20,21). The molecule has 110 valence electrons. The molecule has 22 heavy (non-hydrogen) atoms. The molecule has 0 fully saturated rings. The summed E-state index contributed by atoms with van der Waals surface area (Å²) in [4.78, 5) is 11.8. The molecule has 0 unspecified atom stereocenters. The van der Waals surface area contributed by atoms with Crippen LogP contribution in [-0.2, 0) is 4.79 Å². The molecule has 0 aliphatic heterocycles. The predicted molar refractivity (Wildman–Crippen MR) is 81.8 cm³/mol. The molecule has 0 radical (unpaired) electrons. The topological polar surface area (TPSA) is 62.1 Å². The van der Waals surface area contributed by atoms with Crippen LogP contribution in [0.3, 0.4) is 0 Å². The molecule has 2 aromatic rings. The quantitative estimate of drug-likeness (QED) is 0.880. The summed E-state index contributed by atoms with van der Waals surface area (Å²) in [7, 11) is 1.39. The molecule has 1 amide bonds. The molecule has 0 aliphatic carbocycles. The van der Waals surface area contributed by atoms with Gasteiger partial charge in [0.05, 0.1) is 18.7 Å². The Morgan fingerprint density at radius 1 is 1.27 bits per heavy atom. The van der Waals surface area contributed by atoms with E-state index in [4.69, 9.17) is 10.00 Å². The van der Waals surface area contributed by atoms with Gasteiger partial charge in [0.15, 0.2) is 11.6 Å². The van der Waals surface area contributed by atoms with Gasteiger partial charge in [0, 0.05) is 11.8 Å². The van der Waals surface area contributed by atoms with Crippen LogP contribution in [0.15, 0.2) is 48.5 Å². The van der Waals surface area contributed by atoms with Gasteiger partial charge in [-0.3, -0.25) is 4.79 Å². The molecule has 0 aliphatic rings. The molecule has 0 aromatic heterocycles. The average molecular weight is 296 g/mol. The third kappa shape index (κ3) is 3.93. The smallest absolute Gasteiger partial charge is 0.248 e. The highest BCUT2D eigenvalue weighted by Gasteiger charge is 2.02. The largest absolute Gasteiger partial charge is 0.494 e. The summed E-state index contributed by atoms with van der Waals surface area (Å²) < 4.78 is 18.3. The third-order valence-electron chi connectivity index (χ3n) is 2.88. The molecule has 2 rings (SSSR count). The maximum Gasteiger partial charge on any atom is 0.248 e. The van der Waals surface area contributed by atoms with Gasteiger partial charge >= 0.3 is 0 Å². The number of carbonyl (C=O) groups excluding carboxylic acids is 1. The van der Waals surface area contributed by atoms with Gasteiger partial charge in [-0.1, -0.05) is 6.07 Å². The molecule has 0 saturated carbocycles. The molecule has 4 nitrogen and oxygen atoms in total. The number of benzene rings is 2. The monoisotopic (exact) mass is 296 g/mol. The molecule has 0 bridgehead atoms. The molecule has 2 aromatic carbocycles. The van der Waals surface area contributed by atoms with E-state index in [1.165, 1.54) is 31.4 Å². The van der Waals surface area contributed by atoms with Crippen LogP contribution in [-0.4, -0.2) is 13.0 Å². The fourth-order valence-corrected chi connectivity index (χ4v) is 1.77. The van der Waals surface area contributed by atoms with Gasteiger partial charge in [-0.15, -0.1) is 0 Å². The molecule has 5 heteroatoms. The minimum absolute atomic E-state index is 0.152. The first-order valence-corrected chi connectivity index (χ1v) is 6.45. The summed E-state index contributed by atoms with van der Waals surface area (Å²) in [6.07, 6.45) is 2.81. The van der Waals surface area contributed by atoms with Crippen molar-refractivity contribution in [3.8, 4) is 11.8 Å². The van der Waals surface area contributed by atoms with Gasteiger partial charge in [0.25, 0.3) is 0 Å². The molecule has 0 saturated heterocycles. The van der Waals surface area contributed by atoms with Crippen LogP contribution in [0.4, 0.5) is 10.1 Å². The van der Waals surface area contributed by atoms with Crippen molar-refractivity contribution in [1.29, 1.82) is 5.26 Å². The zero-order chi connectivity index (χ0) is 15.9. The van der Waals surface area contributed by atoms with Crippen LogP contribution in [0.5, 0.6) is 5.75 Å². The van der Waals surface area contributed by atoms with Crippen LogP contribution in [0, 0.1) is 17.1 Å². The van der Waals surface area contributed by atoms with Gasteiger partial charge in [-0.2, -0.15) is 5.26 Å². The highest BCUT2D eigenvalue weighted by molar-refractivity contribution is 6.01. The van der Waals surface area contributed by atoms with Gasteiger partial charge in [-0.25, -0.2) is 4.39 Å². The van der Waals surface area contributed by atoms with Gasteiger partial charge in [0.1, 0.15) is 0 Å². The molecule has 0 heterocycles. The number of amides is 1. The molecule has 0 atom stereocenters. The Labute approximate surface area is 127 Å². The molecular weight excluding hydrogens is 283 g/mol. The van der Waals surface area contributed by atoms with E-state index in [0.29, 0.717) is 16.8 Å². The zero-order valence-electron chi connectivity index (χ0n) is 11.8. The first-order chi connectivity index (χ1) is 10.6. The Bertz CT molecular complexity index is 746. The number of nitriles is 1. The second-order valence-electron chi connectivity index (χ2n) is 4.41. The van der Waals surface area contributed by atoms with Crippen molar-refractivity contribution >= 4 is 17.7 Å². The number of halogens is 1. The zero-order valence-corrected chi connectivity index (χ0v) is 11.8. The molecule has 0 spiro atoms. The number of ether oxygens (including phenoxy) is 1. The average Bonchev–Trinajstić information content (AvgIpc) is 2.54. The number of methoxy groups -OCH3 is 1. The highest BCUT2D eigenvalue weighted by Crippen LogP contribution is 2.18. The van der Waals surface area contributed by atoms with E-state index in [-0.39, 0.29) is 11.7 Å².